The topological polar surface area (TPSA) is 175 Å². The zero-order valence-electron chi connectivity index (χ0n) is 17.7. The zero-order valence-corrected chi connectivity index (χ0v) is 19.4. The fourth-order valence-corrected chi connectivity index (χ4v) is 3.38. The molecule has 31 heavy (non-hydrogen) atoms. The lowest BCUT2D eigenvalue weighted by Gasteiger charge is -2.13. The lowest BCUT2D eigenvalue weighted by molar-refractivity contribution is 0.251. The van der Waals surface area contributed by atoms with Crippen molar-refractivity contribution < 1.29 is 26.4 Å². The van der Waals surface area contributed by atoms with Crippen molar-refractivity contribution in [2.45, 2.75) is 20.8 Å². The van der Waals surface area contributed by atoms with E-state index in [0.29, 0.717) is 11.4 Å². The predicted octanol–water partition coefficient (Wildman–Crippen LogP) is 0.117. The maximum absolute atomic E-state index is 12.0. The molecule has 0 spiro atoms. The summed E-state index contributed by atoms with van der Waals surface area (Å²) in [6, 6.07) is 3.86. The molecule has 4 amide bonds. The van der Waals surface area contributed by atoms with E-state index in [1.54, 1.807) is 25.1 Å². The van der Waals surface area contributed by atoms with Crippen LogP contribution in [0.5, 0.6) is 0 Å². The summed E-state index contributed by atoms with van der Waals surface area (Å²) in [5.74, 6) is -0.0830. The number of carbonyl (C=O) groups excluding carboxylic acids is 2. The van der Waals surface area contributed by atoms with E-state index in [-0.39, 0.29) is 37.7 Å². The van der Waals surface area contributed by atoms with Crippen LogP contribution in [0.25, 0.3) is 0 Å². The van der Waals surface area contributed by atoms with Gasteiger partial charge in [0.1, 0.15) is 0 Å². The van der Waals surface area contributed by atoms with Crippen LogP contribution in [0.2, 0.25) is 0 Å². The summed E-state index contributed by atoms with van der Waals surface area (Å²) in [6.07, 6.45) is 0. The number of sulfonamides is 2. The molecule has 0 atom stereocenters. The highest BCUT2D eigenvalue weighted by Gasteiger charge is 2.09. The first-order valence-electron chi connectivity index (χ1n) is 9.63. The number of benzene rings is 1. The number of amides is 4. The van der Waals surface area contributed by atoms with E-state index in [4.69, 9.17) is 0 Å². The van der Waals surface area contributed by atoms with Gasteiger partial charge >= 0.3 is 12.1 Å². The van der Waals surface area contributed by atoms with Gasteiger partial charge in [-0.1, -0.05) is 6.07 Å². The Labute approximate surface area is 183 Å². The molecule has 176 valence electrons. The van der Waals surface area contributed by atoms with Crippen LogP contribution >= 0.6 is 0 Å². The van der Waals surface area contributed by atoms with Crippen LogP contribution in [0.15, 0.2) is 18.2 Å². The van der Waals surface area contributed by atoms with Gasteiger partial charge in [-0.05, 0) is 38.5 Å². The van der Waals surface area contributed by atoms with Crippen molar-refractivity contribution in [1.29, 1.82) is 0 Å². The molecule has 0 saturated carbocycles. The smallest absolute Gasteiger partial charge is 0.319 e. The van der Waals surface area contributed by atoms with Gasteiger partial charge in [0, 0.05) is 37.6 Å². The van der Waals surface area contributed by atoms with E-state index < -0.39 is 32.1 Å². The summed E-state index contributed by atoms with van der Waals surface area (Å²) < 4.78 is 50.0. The van der Waals surface area contributed by atoms with Gasteiger partial charge in [-0.3, -0.25) is 0 Å². The van der Waals surface area contributed by atoms with Gasteiger partial charge in [0.2, 0.25) is 20.0 Å². The van der Waals surface area contributed by atoms with Gasteiger partial charge in [0.25, 0.3) is 0 Å². The molecule has 0 aliphatic carbocycles. The molecule has 0 aliphatic heterocycles. The van der Waals surface area contributed by atoms with Crippen molar-refractivity contribution in [1.82, 2.24) is 20.1 Å². The number of aryl methyl sites for hydroxylation is 1. The minimum atomic E-state index is -3.32. The Morgan fingerprint density at radius 2 is 1.26 bits per heavy atom. The molecule has 0 aliphatic rings. The Morgan fingerprint density at radius 3 is 1.74 bits per heavy atom. The summed E-state index contributed by atoms with van der Waals surface area (Å²) in [6.45, 7) is 5.14. The number of nitrogens with one attached hydrogen (secondary N) is 6. The molecule has 14 heteroatoms. The highest BCUT2D eigenvalue weighted by molar-refractivity contribution is 7.89. The first-order chi connectivity index (χ1) is 14.5. The Morgan fingerprint density at radius 1 is 0.774 bits per heavy atom. The molecule has 1 aromatic rings. The van der Waals surface area contributed by atoms with E-state index in [2.05, 4.69) is 30.7 Å². The standard InChI is InChI=1S/C17H30N6O6S2/c1-4-30(26,27)20-10-8-18-16(24)22-14-7-6-13(3)15(12-14)23-17(25)19-9-11-21-31(28,29)5-2/h6-7,12,20-21H,4-5,8-11H2,1-3H3,(H2,18,22,24)(H2,19,23,25). The Balaban J connectivity index is 2.49. The first-order valence-corrected chi connectivity index (χ1v) is 12.9. The first kappa shape index (κ1) is 26.6. The van der Waals surface area contributed by atoms with Gasteiger partial charge in [-0.2, -0.15) is 0 Å². The summed E-state index contributed by atoms with van der Waals surface area (Å²) in [4.78, 5) is 24.0. The molecule has 0 fully saturated rings. The van der Waals surface area contributed by atoms with Crippen LogP contribution in [0, 0.1) is 6.92 Å². The van der Waals surface area contributed by atoms with Gasteiger partial charge in [-0.25, -0.2) is 35.9 Å². The van der Waals surface area contributed by atoms with Gasteiger partial charge in [-0.15, -0.1) is 0 Å². The summed E-state index contributed by atoms with van der Waals surface area (Å²) in [5, 5.41) is 10.3. The molecule has 1 rings (SSSR count). The number of anilines is 2. The number of hydrogen-bond donors (Lipinski definition) is 6. The quantitative estimate of drug-likeness (QED) is 0.233. The van der Waals surface area contributed by atoms with Crippen LogP contribution < -0.4 is 30.7 Å². The second-order valence-electron chi connectivity index (χ2n) is 6.39. The average Bonchev–Trinajstić information content (AvgIpc) is 2.71. The zero-order chi connectivity index (χ0) is 23.5. The van der Waals surface area contributed by atoms with Crippen LogP contribution in [-0.4, -0.2) is 66.6 Å². The van der Waals surface area contributed by atoms with E-state index in [1.807, 2.05) is 0 Å². The second kappa shape index (κ2) is 12.4. The number of carbonyl (C=O) groups is 2. The number of urea groups is 2. The molecule has 6 N–H and O–H groups in total. The van der Waals surface area contributed by atoms with Gasteiger partial charge in [0.15, 0.2) is 0 Å². The van der Waals surface area contributed by atoms with Crippen molar-refractivity contribution in [3.63, 3.8) is 0 Å². The SMILES string of the molecule is CCS(=O)(=O)NCCNC(=O)Nc1ccc(C)c(NC(=O)NCCNS(=O)(=O)CC)c1. The van der Waals surface area contributed by atoms with Crippen LogP contribution in [0.3, 0.4) is 0 Å². The van der Waals surface area contributed by atoms with Crippen LogP contribution in [0.1, 0.15) is 19.4 Å². The highest BCUT2D eigenvalue weighted by Crippen LogP contribution is 2.20. The molecule has 0 bridgehead atoms. The molecular weight excluding hydrogens is 448 g/mol. The van der Waals surface area contributed by atoms with Crippen molar-refractivity contribution >= 4 is 43.5 Å². The summed E-state index contributed by atoms with van der Waals surface area (Å²) in [7, 11) is -6.64. The predicted molar refractivity (Wildman–Crippen MR) is 120 cm³/mol. The average molecular weight is 479 g/mol. The van der Waals surface area contributed by atoms with Crippen LogP contribution in [0.4, 0.5) is 21.0 Å². The van der Waals surface area contributed by atoms with Crippen molar-refractivity contribution in [2.75, 3.05) is 48.3 Å². The summed E-state index contributed by atoms with van der Waals surface area (Å²) >= 11 is 0. The molecule has 0 saturated heterocycles. The molecular formula is C17H30N6O6S2. The van der Waals surface area contributed by atoms with Gasteiger partial charge < -0.3 is 21.3 Å². The fourth-order valence-electron chi connectivity index (χ4n) is 2.15. The molecule has 12 nitrogen and oxygen atoms in total. The number of hydrogen-bond acceptors (Lipinski definition) is 6. The lowest BCUT2D eigenvalue weighted by atomic mass is 10.2. The largest absolute Gasteiger partial charge is 0.337 e. The van der Waals surface area contributed by atoms with E-state index in [0.717, 1.165) is 5.56 Å². The van der Waals surface area contributed by atoms with Crippen molar-refractivity contribution in [3.8, 4) is 0 Å². The monoisotopic (exact) mass is 478 g/mol. The van der Waals surface area contributed by atoms with Gasteiger partial charge in [0.05, 0.1) is 11.5 Å². The molecule has 0 heterocycles. The maximum Gasteiger partial charge on any atom is 0.319 e. The third kappa shape index (κ3) is 11.0. The van der Waals surface area contributed by atoms with Crippen molar-refractivity contribution in [3.05, 3.63) is 23.8 Å². The van der Waals surface area contributed by atoms with E-state index in [1.165, 1.54) is 13.8 Å². The Bertz CT molecular complexity index is 965. The molecule has 1 aromatic carbocycles. The minimum Gasteiger partial charge on any atom is -0.337 e. The normalized spacial score (nSPS) is 11.6. The molecule has 0 unspecified atom stereocenters. The maximum atomic E-state index is 12.0. The van der Waals surface area contributed by atoms with Crippen molar-refractivity contribution in [2.24, 2.45) is 0 Å². The second-order valence-corrected chi connectivity index (χ2v) is 10.6. The lowest BCUT2D eigenvalue weighted by Crippen LogP contribution is -2.37. The van der Waals surface area contributed by atoms with E-state index in [9.17, 15) is 26.4 Å². The highest BCUT2D eigenvalue weighted by atomic mass is 32.2. The third-order valence-electron chi connectivity index (χ3n) is 3.97. The Kier molecular flexibility index (Phi) is 10.7. The molecule has 0 aromatic heterocycles. The molecule has 0 radical (unpaired) electrons. The fraction of sp³-hybridized carbons (Fsp3) is 0.529. The summed E-state index contributed by atoms with van der Waals surface area (Å²) in [5.41, 5.74) is 1.63. The van der Waals surface area contributed by atoms with Crippen LogP contribution in [-0.2, 0) is 20.0 Å². The minimum absolute atomic E-state index is 0.0414. The third-order valence-corrected chi connectivity index (χ3v) is 6.78. The van der Waals surface area contributed by atoms with E-state index >= 15 is 0 Å². The number of rotatable bonds is 12. The Hall–Kier alpha value is -2.42.